The monoisotopic (exact) mass is 267 g/mol. The van der Waals surface area contributed by atoms with Gasteiger partial charge in [-0.3, -0.25) is 14.9 Å². The second kappa shape index (κ2) is 5.09. The number of carboxylic acid groups (broad SMARTS) is 1. The van der Waals surface area contributed by atoms with Gasteiger partial charge in [0.1, 0.15) is 11.7 Å². The first-order valence-corrected chi connectivity index (χ1v) is 5.87. The van der Waals surface area contributed by atoms with Crippen LogP contribution in [0.25, 0.3) is 0 Å². The summed E-state index contributed by atoms with van der Waals surface area (Å²) in [6, 6.07) is 0.263. The fraction of sp³-hybridized carbons (Fsp3) is 0.455. The van der Waals surface area contributed by atoms with Gasteiger partial charge in [-0.25, -0.2) is 4.79 Å². The highest BCUT2D eigenvalue weighted by Crippen LogP contribution is 2.21. The molecule has 1 aliphatic heterocycles. The van der Waals surface area contributed by atoms with Gasteiger partial charge < -0.3 is 15.0 Å². The van der Waals surface area contributed by atoms with E-state index >= 15 is 0 Å². The van der Waals surface area contributed by atoms with Crippen molar-refractivity contribution in [2.75, 3.05) is 6.54 Å². The molecule has 102 valence electrons. The third-order valence-electron chi connectivity index (χ3n) is 3.16. The minimum Gasteiger partial charge on any atom is -0.480 e. The van der Waals surface area contributed by atoms with Crippen LogP contribution in [0.2, 0.25) is 0 Å². The summed E-state index contributed by atoms with van der Waals surface area (Å²) in [4.78, 5) is 37.0. The molecule has 1 aromatic rings. The molecule has 0 radical (unpaired) electrons. The van der Waals surface area contributed by atoms with Crippen LogP contribution >= 0.6 is 0 Å². The van der Waals surface area contributed by atoms with Crippen LogP contribution in [0.15, 0.2) is 12.3 Å². The summed E-state index contributed by atoms with van der Waals surface area (Å²) in [6.07, 6.45) is 3.01. The van der Waals surface area contributed by atoms with Gasteiger partial charge in [0.05, 0.1) is 11.1 Å². The molecule has 2 rings (SSSR count). The number of aromatic amines is 1. The molecule has 2 heterocycles. The van der Waals surface area contributed by atoms with Crippen LogP contribution in [0.5, 0.6) is 0 Å². The fourth-order valence-corrected chi connectivity index (χ4v) is 2.20. The van der Waals surface area contributed by atoms with Crippen LogP contribution < -0.4 is 0 Å². The molecule has 0 aliphatic carbocycles. The van der Waals surface area contributed by atoms with E-state index in [1.807, 2.05) is 0 Å². The van der Waals surface area contributed by atoms with Gasteiger partial charge in [0.2, 0.25) is 0 Å². The largest absolute Gasteiger partial charge is 0.480 e. The molecule has 0 aromatic carbocycles. The van der Waals surface area contributed by atoms with E-state index in [0.29, 0.717) is 13.0 Å². The van der Waals surface area contributed by atoms with Gasteiger partial charge in [0.25, 0.3) is 11.6 Å². The molecule has 0 bridgehead atoms. The molecule has 1 aromatic heterocycles. The highest BCUT2D eigenvalue weighted by molar-refractivity contribution is 5.95. The topological polar surface area (TPSA) is 117 Å². The van der Waals surface area contributed by atoms with Gasteiger partial charge in [0, 0.05) is 12.6 Å². The van der Waals surface area contributed by atoms with E-state index < -0.39 is 22.8 Å². The predicted octanol–water partition coefficient (Wildman–Crippen LogP) is 1.00. The molecule has 8 nitrogen and oxygen atoms in total. The van der Waals surface area contributed by atoms with Crippen LogP contribution in [-0.4, -0.2) is 44.4 Å². The first kappa shape index (κ1) is 13.1. The van der Waals surface area contributed by atoms with Crippen molar-refractivity contribution >= 4 is 17.6 Å². The lowest BCUT2D eigenvalue weighted by molar-refractivity contribution is -0.384. The third kappa shape index (κ3) is 2.56. The van der Waals surface area contributed by atoms with E-state index in [4.69, 9.17) is 5.11 Å². The molecule has 1 amide bonds. The summed E-state index contributed by atoms with van der Waals surface area (Å²) in [5.74, 6) is -1.56. The summed E-state index contributed by atoms with van der Waals surface area (Å²) < 4.78 is 0. The van der Waals surface area contributed by atoms with Crippen molar-refractivity contribution in [3.63, 3.8) is 0 Å². The van der Waals surface area contributed by atoms with Gasteiger partial charge in [0.15, 0.2) is 0 Å². The number of aromatic nitrogens is 1. The Hall–Kier alpha value is -2.38. The molecular formula is C11H13N3O5. The quantitative estimate of drug-likeness (QED) is 0.626. The molecule has 2 N–H and O–H groups in total. The number of carbonyl (C=O) groups is 2. The molecule has 0 unspecified atom stereocenters. The standard InChI is InChI=1S/C11H13N3O5/c15-10(8-5-7(6-12-8)14(18)19)13-4-2-1-3-9(13)11(16)17/h5-6,9,12H,1-4H2,(H,16,17)/t9-/m0/s1. The summed E-state index contributed by atoms with van der Waals surface area (Å²) in [5.41, 5.74) is -0.174. The van der Waals surface area contributed by atoms with Crippen molar-refractivity contribution in [1.82, 2.24) is 9.88 Å². The Morgan fingerprint density at radius 1 is 1.47 bits per heavy atom. The number of hydrogen-bond acceptors (Lipinski definition) is 4. The molecule has 19 heavy (non-hydrogen) atoms. The van der Waals surface area contributed by atoms with Crippen molar-refractivity contribution in [2.24, 2.45) is 0 Å². The SMILES string of the molecule is O=C(O)[C@@H]1CCCCN1C(=O)c1cc([N+](=O)[O-])c[nH]1. The van der Waals surface area contributed by atoms with Crippen LogP contribution in [0.1, 0.15) is 29.8 Å². The van der Waals surface area contributed by atoms with E-state index in [9.17, 15) is 19.7 Å². The van der Waals surface area contributed by atoms with Gasteiger partial charge in [-0.05, 0) is 19.3 Å². The maximum Gasteiger partial charge on any atom is 0.326 e. The zero-order chi connectivity index (χ0) is 14.0. The van der Waals surface area contributed by atoms with Crippen molar-refractivity contribution in [3.8, 4) is 0 Å². The number of nitrogens with zero attached hydrogens (tertiary/aromatic N) is 2. The number of likely N-dealkylation sites (tertiary alicyclic amines) is 1. The highest BCUT2D eigenvalue weighted by Gasteiger charge is 2.33. The maximum atomic E-state index is 12.2. The normalized spacial score (nSPS) is 19.2. The molecule has 1 aliphatic rings. The molecule has 8 heteroatoms. The highest BCUT2D eigenvalue weighted by atomic mass is 16.6. The molecule has 1 fully saturated rings. The number of rotatable bonds is 3. The predicted molar refractivity (Wildman–Crippen MR) is 63.8 cm³/mol. The molecule has 0 spiro atoms. The van der Waals surface area contributed by atoms with Crippen LogP contribution in [-0.2, 0) is 4.79 Å². The van der Waals surface area contributed by atoms with E-state index in [-0.39, 0.29) is 11.4 Å². The maximum absolute atomic E-state index is 12.2. The second-order valence-electron chi connectivity index (χ2n) is 4.38. The van der Waals surface area contributed by atoms with Crippen LogP contribution in [0.4, 0.5) is 5.69 Å². The number of hydrogen-bond donors (Lipinski definition) is 2. The van der Waals surface area contributed by atoms with Gasteiger partial charge in [-0.15, -0.1) is 0 Å². The Kier molecular flexibility index (Phi) is 3.50. The number of amides is 1. The molecule has 0 saturated carbocycles. The average Bonchev–Trinajstić information content (AvgIpc) is 2.87. The zero-order valence-electron chi connectivity index (χ0n) is 10.0. The Bertz CT molecular complexity index is 524. The summed E-state index contributed by atoms with van der Waals surface area (Å²) in [7, 11) is 0. The van der Waals surface area contributed by atoms with Crippen molar-refractivity contribution in [2.45, 2.75) is 25.3 Å². The second-order valence-corrected chi connectivity index (χ2v) is 4.38. The van der Waals surface area contributed by atoms with Crippen LogP contribution in [0, 0.1) is 10.1 Å². The number of carbonyl (C=O) groups excluding carboxylic acids is 1. The lowest BCUT2D eigenvalue weighted by atomic mass is 10.0. The number of carboxylic acids is 1. The summed E-state index contributed by atoms with van der Waals surface area (Å²) in [6.45, 7) is 0.350. The Morgan fingerprint density at radius 2 is 2.21 bits per heavy atom. The van der Waals surface area contributed by atoms with Gasteiger partial charge >= 0.3 is 5.97 Å². The number of nitro groups is 1. The van der Waals surface area contributed by atoms with Gasteiger partial charge in [-0.2, -0.15) is 0 Å². The summed E-state index contributed by atoms with van der Waals surface area (Å²) >= 11 is 0. The Morgan fingerprint density at radius 3 is 2.79 bits per heavy atom. The third-order valence-corrected chi connectivity index (χ3v) is 3.16. The lowest BCUT2D eigenvalue weighted by Crippen LogP contribution is -2.48. The number of aliphatic carboxylic acids is 1. The van der Waals surface area contributed by atoms with Crippen LogP contribution in [0.3, 0.4) is 0 Å². The van der Waals surface area contributed by atoms with E-state index in [1.54, 1.807) is 0 Å². The summed E-state index contributed by atoms with van der Waals surface area (Å²) in [5, 5.41) is 19.6. The van der Waals surface area contributed by atoms with E-state index in [1.165, 1.54) is 4.90 Å². The number of piperidine rings is 1. The molecule has 1 saturated heterocycles. The minimum absolute atomic E-state index is 0.0415. The van der Waals surface area contributed by atoms with Gasteiger partial charge in [-0.1, -0.05) is 0 Å². The number of H-pyrrole nitrogens is 1. The number of nitrogens with one attached hydrogen (secondary N) is 1. The Balaban J connectivity index is 2.21. The van der Waals surface area contributed by atoms with E-state index in [2.05, 4.69) is 4.98 Å². The first-order chi connectivity index (χ1) is 9.00. The molecular weight excluding hydrogens is 254 g/mol. The Labute approximate surface area is 108 Å². The van der Waals surface area contributed by atoms with Crippen molar-refractivity contribution in [1.29, 1.82) is 0 Å². The smallest absolute Gasteiger partial charge is 0.326 e. The minimum atomic E-state index is -1.05. The van der Waals surface area contributed by atoms with Crippen molar-refractivity contribution < 1.29 is 19.6 Å². The zero-order valence-corrected chi connectivity index (χ0v) is 10.0. The fourth-order valence-electron chi connectivity index (χ4n) is 2.20. The van der Waals surface area contributed by atoms with E-state index in [0.717, 1.165) is 25.1 Å². The lowest BCUT2D eigenvalue weighted by Gasteiger charge is -2.32. The molecule has 1 atom stereocenters. The first-order valence-electron chi connectivity index (χ1n) is 5.87. The average molecular weight is 267 g/mol. The van der Waals surface area contributed by atoms with Crippen molar-refractivity contribution in [3.05, 3.63) is 28.1 Å².